The van der Waals surface area contributed by atoms with E-state index in [0.29, 0.717) is 19.6 Å². The summed E-state index contributed by atoms with van der Waals surface area (Å²) in [6.07, 6.45) is 3.08. The quantitative estimate of drug-likeness (QED) is 0.769. The first-order valence-corrected chi connectivity index (χ1v) is 11.2. The average molecular weight is 441 g/mol. The van der Waals surface area contributed by atoms with Crippen molar-refractivity contribution in [2.45, 2.75) is 45.8 Å². The SMILES string of the molecule is CC(C)(C)OC(=O)N1CCCc2cc(NC(=O)N3CCN(Cc4ccco4)CC3)ccc21. The number of ether oxygens (including phenoxy) is 1. The number of nitrogens with zero attached hydrogens (tertiary/aromatic N) is 3. The highest BCUT2D eigenvalue weighted by Crippen LogP contribution is 2.31. The number of fused-ring (bicyclic) bond motifs is 1. The van der Waals surface area contributed by atoms with Crippen molar-refractivity contribution in [1.82, 2.24) is 9.80 Å². The average Bonchev–Trinajstić information content (AvgIpc) is 3.25. The lowest BCUT2D eigenvalue weighted by atomic mass is 10.0. The van der Waals surface area contributed by atoms with Crippen LogP contribution in [0, 0.1) is 0 Å². The molecule has 0 aliphatic carbocycles. The van der Waals surface area contributed by atoms with Crippen molar-refractivity contribution in [2.24, 2.45) is 0 Å². The van der Waals surface area contributed by atoms with Crippen molar-refractivity contribution < 1.29 is 18.7 Å². The van der Waals surface area contributed by atoms with E-state index in [0.717, 1.165) is 55.2 Å². The Bertz CT molecular complexity index is 943. The molecule has 0 spiro atoms. The maximum Gasteiger partial charge on any atom is 0.414 e. The van der Waals surface area contributed by atoms with E-state index in [1.807, 2.05) is 56.0 Å². The number of rotatable bonds is 3. The fourth-order valence-corrected chi connectivity index (χ4v) is 4.12. The topological polar surface area (TPSA) is 78.3 Å². The molecule has 2 aliphatic heterocycles. The number of anilines is 2. The maximum absolute atomic E-state index is 12.8. The number of carbonyl (C=O) groups excluding carboxylic acids is 2. The minimum atomic E-state index is -0.537. The molecule has 1 N–H and O–H groups in total. The van der Waals surface area contributed by atoms with Crippen LogP contribution in [-0.4, -0.2) is 60.2 Å². The van der Waals surface area contributed by atoms with Gasteiger partial charge >= 0.3 is 12.1 Å². The van der Waals surface area contributed by atoms with Crippen LogP contribution in [0.25, 0.3) is 0 Å². The van der Waals surface area contributed by atoms with E-state index >= 15 is 0 Å². The normalized spacial score (nSPS) is 17.1. The molecule has 2 aliphatic rings. The van der Waals surface area contributed by atoms with Crippen molar-refractivity contribution in [1.29, 1.82) is 0 Å². The number of piperazine rings is 1. The van der Waals surface area contributed by atoms with E-state index in [4.69, 9.17) is 9.15 Å². The van der Waals surface area contributed by atoms with E-state index in [1.54, 1.807) is 11.2 Å². The van der Waals surface area contributed by atoms with Gasteiger partial charge in [-0.2, -0.15) is 0 Å². The molecule has 3 heterocycles. The number of carbonyl (C=O) groups is 2. The van der Waals surface area contributed by atoms with Gasteiger partial charge in [-0.1, -0.05) is 0 Å². The number of urea groups is 1. The lowest BCUT2D eigenvalue weighted by molar-refractivity contribution is 0.0577. The first kappa shape index (κ1) is 22.2. The van der Waals surface area contributed by atoms with Crippen molar-refractivity contribution in [2.75, 3.05) is 42.9 Å². The molecular formula is C24H32N4O4. The van der Waals surface area contributed by atoms with E-state index in [2.05, 4.69) is 10.2 Å². The number of furan rings is 1. The van der Waals surface area contributed by atoms with E-state index in [9.17, 15) is 9.59 Å². The van der Waals surface area contributed by atoms with Gasteiger partial charge in [0, 0.05) is 38.4 Å². The minimum Gasteiger partial charge on any atom is -0.468 e. The Kier molecular flexibility index (Phi) is 6.41. The van der Waals surface area contributed by atoms with Gasteiger partial charge in [0.25, 0.3) is 0 Å². The largest absolute Gasteiger partial charge is 0.468 e. The van der Waals surface area contributed by atoms with Crippen LogP contribution in [0.3, 0.4) is 0 Å². The smallest absolute Gasteiger partial charge is 0.414 e. The number of hydrogen-bond donors (Lipinski definition) is 1. The standard InChI is InChI=1S/C24H32N4O4/c1-24(2,3)32-23(30)28-10-4-6-18-16-19(8-9-21(18)28)25-22(29)27-13-11-26(12-14-27)17-20-7-5-15-31-20/h5,7-9,15-16H,4,6,10-14,17H2,1-3H3,(H,25,29). The fraction of sp³-hybridized carbons (Fsp3) is 0.500. The summed E-state index contributed by atoms with van der Waals surface area (Å²) in [6.45, 7) is 9.96. The van der Waals surface area contributed by atoms with Gasteiger partial charge in [-0.3, -0.25) is 9.80 Å². The molecular weight excluding hydrogens is 408 g/mol. The zero-order valence-electron chi connectivity index (χ0n) is 19.1. The molecule has 1 saturated heterocycles. The van der Waals surface area contributed by atoms with Gasteiger partial charge in [0.1, 0.15) is 11.4 Å². The van der Waals surface area contributed by atoms with Crippen molar-refractivity contribution in [3.05, 3.63) is 47.9 Å². The fourth-order valence-electron chi connectivity index (χ4n) is 4.12. The summed E-state index contributed by atoms with van der Waals surface area (Å²) in [4.78, 5) is 31.2. The van der Waals surface area contributed by atoms with Gasteiger partial charge in [0.05, 0.1) is 18.5 Å². The van der Waals surface area contributed by atoms with E-state index in [-0.39, 0.29) is 12.1 Å². The molecule has 2 aromatic rings. The molecule has 8 heteroatoms. The molecule has 32 heavy (non-hydrogen) atoms. The molecule has 0 bridgehead atoms. The zero-order chi connectivity index (χ0) is 22.7. The highest BCUT2D eigenvalue weighted by Gasteiger charge is 2.28. The summed E-state index contributed by atoms with van der Waals surface area (Å²) in [5.41, 5.74) is 2.11. The van der Waals surface area contributed by atoms with Gasteiger partial charge in [-0.15, -0.1) is 0 Å². The highest BCUT2D eigenvalue weighted by molar-refractivity contribution is 5.92. The van der Waals surface area contributed by atoms with Crippen LogP contribution in [0.15, 0.2) is 41.0 Å². The highest BCUT2D eigenvalue weighted by atomic mass is 16.6. The second kappa shape index (κ2) is 9.24. The molecule has 0 unspecified atom stereocenters. The first-order chi connectivity index (χ1) is 15.3. The molecule has 1 aromatic carbocycles. The number of benzene rings is 1. The Labute approximate surface area is 189 Å². The Morgan fingerprint density at radius 1 is 1.09 bits per heavy atom. The number of aryl methyl sites for hydroxylation is 1. The maximum atomic E-state index is 12.8. The molecule has 0 saturated carbocycles. The van der Waals surface area contributed by atoms with Gasteiger partial charge in [-0.25, -0.2) is 9.59 Å². The van der Waals surface area contributed by atoms with Crippen LogP contribution in [0.2, 0.25) is 0 Å². The summed E-state index contributed by atoms with van der Waals surface area (Å²) in [6, 6.07) is 9.49. The molecule has 172 valence electrons. The molecule has 0 radical (unpaired) electrons. The van der Waals surface area contributed by atoms with Crippen molar-refractivity contribution >= 4 is 23.5 Å². The molecule has 1 aromatic heterocycles. The van der Waals surface area contributed by atoms with Gasteiger partial charge < -0.3 is 19.4 Å². The third-order valence-corrected chi connectivity index (χ3v) is 5.68. The van der Waals surface area contributed by atoms with Crippen LogP contribution in [0.1, 0.15) is 38.5 Å². The Balaban J connectivity index is 1.34. The molecule has 0 atom stereocenters. The lowest BCUT2D eigenvalue weighted by Gasteiger charge is -2.34. The number of nitrogens with one attached hydrogen (secondary N) is 1. The lowest BCUT2D eigenvalue weighted by Crippen LogP contribution is -2.49. The summed E-state index contributed by atoms with van der Waals surface area (Å²) >= 11 is 0. The Morgan fingerprint density at radius 2 is 1.88 bits per heavy atom. The third kappa shape index (κ3) is 5.43. The Morgan fingerprint density at radius 3 is 2.56 bits per heavy atom. The molecule has 1 fully saturated rings. The van der Waals surface area contributed by atoms with Crippen LogP contribution in [0.4, 0.5) is 21.0 Å². The van der Waals surface area contributed by atoms with E-state index < -0.39 is 5.60 Å². The molecule has 3 amide bonds. The van der Waals surface area contributed by atoms with Crippen LogP contribution in [-0.2, 0) is 17.7 Å². The monoisotopic (exact) mass is 440 g/mol. The predicted molar refractivity (Wildman–Crippen MR) is 123 cm³/mol. The Hall–Kier alpha value is -3.00. The third-order valence-electron chi connectivity index (χ3n) is 5.68. The first-order valence-electron chi connectivity index (χ1n) is 11.2. The van der Waals surface area contributed by atoms with Gasteiger partial charge in [0.15, 0.2) is 0 Å². The summed E-state index contributed by atoms with van der Waals surface area (Å²) in [5, 5.41) is 3.02. The summed E-state index contributed by atoms with van der Waals surface area (Å²) in [7, 11) is 0. The molecule has 4 rings (SSSR count). The van der Waals surface area contributed by atoms with Crippen LogP contribution in [0.5, 0.6) is 0 Å². The van der Waals surface area contributed by atoms with Crippen molar-refractivity contribution in [3.63, 3.8) is 0 Å². The van der Waals surface area contributed by atoms with Crippen LogP contribution >= 0.6 is 0 Å². The molecule has 8 nitrogen and oxygen atoms in total. The summed E-state index contributed by atoms with van der Waals surface area (Å²) < 4.78 is 11.0. The second-order valence-electron chi connectivity index (χ2n) is 9.35. The van der Waals surface area contributed by atoms with Gasteiger partial charge in [-0.05, 0) is 69.5 Å². The zero-order valence-corrected chi connectivity index (χ0v) is 19.1. The van der Waals surface area contributed by atoms with Crippen molar-refractivity contribution in [3.8, 4) is 0 Å². The summed E-state index contributed by atoms with van der Waals surface area (Å²) in [5.74, 6) is 0.942. The number of amides is 3. The second-order valence-corrected chi connectivity index (χ2v) is 9.35. The van der Waals surface area contributed by atoms with E-state index in [1.165, 1.54) is 0 Å². The predicted octanol–water partition coefficient (Wildman–Crippen LogP) is 4.32. The van der Waals surface area contributed by atoms with Gasteiger partial charge in [0.2, 0.25) is 0 Å². The van der Waals surface area contributed by atoms with Crippen LogP contribution < -0.4 is 10.2 Å². The number of hydrogen-bond acceptors (Lipinski definition) is 5. The minimum absolute atomic E-state index is 0.0950.